The van der Waals surface area contributed by atoms with Gasteiger partial charge in [0.25, 0.3) is 0 Å². The van der Waals surface area contributed by atoms with Crippen LogP contribution >= 0.6 is 0 Å². The molecule has 0 heterocycles. The molecule has 0 aliphatic heterocycles. The van der Waals surface area contributed by atoms with Gasteiger partial charge in [-0.05, 0) is 122 Å². The lowest BCUT2D eigenvalue weighted by Crippen LogP contribution is -2.66. The Labute approximate surface area is 210 Å². The Hall–Kier alpha value is -0.790. The molecule has 5 fully saturated rings. The van der Waals surface area contributed by atoms with Crippen LogP contribution in [0.3, 0.4) is 0 Å². The molecule has 34 heavy (non-hydrogen) atoms. The zero-order valence-corrected chi connectivity index (χ0v) is 23.6. The van der Waals surface area contributed by atoms with E-state index >= 15 is 0 Å². The topological polar surface area (TPSA) is 26.3 Å². The Balaban J connectivity index is 1.50. The van der Waals surface area contributed by atoms with Crippen LogP contribution in [-0.2, 0) is 9.53 Å². The summed E-state index contributed by atoms with van der Waals surface area (Å²) < 4.78 is 5.91. The van der Waals surface area contributed by atoms with Gasteiger partial charge in [0.05, 0.1) is 0 Å². The second-order valence-corrected chi connectivity index (χ2v) is 15.3. The van der Waals surface area contributed by atoms with Crippen molar-refractivity contribution in [2.24, 2.45) is 56.7 Å². The number of carbonyl (C=O) groups excluding carboxylic acids is 1. The molecule has 0 spiro atoms. The Morgan fingerprint density at radius 1 is 0.765 bits per heavy atom. The first-order valence-corrected chi connectivity index (χ1v) is 14.5. The van der Waals surface area contributed by atoms with E-state index in [0.29, 0.717) is 27.6 Å². The normalized spacial score (nSPS) is 53.6. The molecule has 0 saturated heterocycles. The van der Waals surface area contributed by atoms with Gasteiger partial charge in [0, 0.05) is 12.3 Å². The van der Waals surface area contributed by atoms with E-state index < -0.39 is 0 Å². The van der Waals surface area contributed by atoms with Crippen LogP contribution in [0.4, 0.5) is 0 Å². The first-order chi connectivity index (χ1) is 15.7. The van der Waals surface area contributed by atoms with E-state index in [9.17, 15) is 4.79 Å². The zero-order valence-electron chi connectivity index (χ0n) is 23.6. The van der Waals surface area contributed by atoms with Gasteiger partial charge >= 0.3 is 5.97 Å². The van der Waals surface area contributed by atoms with E-state index in [1.165, 1.54) is 63.4 Å². The predicted octanol–water partition coefficient (Wildman–Crippen LogP) is 8.60. The summed E-state index contributed by atoms with van der Waals surface area (Å²) in [5.74, 6) is 3.74. The van der Waals surface area contributed by atoms with Crippen molar-refractivity contribution < 1.29 is 9.53 Å². The lowest BCUT2D eigenvalue weighted by atomic mass is 9.32. The Morgan fingerprint density at radius 3 is 2.12 bits per heavy atom. The van der Waals surface area contributed by atoms with E-state index in [1.54, 1.807) is 6.92 Å². The highest BCUT2D eigenvalue weighted by Gasteiger charge is 2.70. The molecule has 5 rings (SSSR count). The molecule has 192 valence electrons. The van der Waals surface area contributed by atoms with Crippen LogP contribution in [0, 0.1) is 56.7 Å². The standard InChI is InChI=1S/C32H52O2/c1-20(2)22-12-15-29(6)18-19-31(8)23(27(22)29)10-11-25-30(7)16-14-26(34-21(3)33)28(4,5)24(30)13-17-32(25,31)9/h22-27H,1,10-19H2,2-9H3/t22-,23?,24-,25+,26?,27+,29?,30?,31?,32?/m0/s1. The molecule has 2 heteroatoms. The zero-order chi connectivity index (χ0) is 24.9. The summed E-state index contributed by atoms with van der Waals surface area (Å²) in [6.45, 7) is 23.9. The summed E-state index contributed by atoms with van der Waals surface area (Å²) in [6.07, 6.45) is 13.4. The van der Waals surface area contributed by atoms with Crippen molar-refractivity contribution in [1.82, 2.24) is 0 Å². The van der Waals surface area contributed by atoms with Gasteiger partial charge in [-0.1, -0.05) is 53.7 Å². The third kappa shape index (κ3) is 3.08. The van der Waals surface area contributed by atoms with Crippen molar-refractivity contribution in [2.75, 3.05) is 0 Å². The van der Waals surface area contributed by atoms with Gasteiger partial charge in [-0.2, -0.15) is 0 Å². The molecule has 0 bridgehead atoms. The van der Waals surface area contributed by atoms with Gasteiger partial charge in [0.1, 0.15) is 6.10 Å². The van der Waals surface area contributed by atoms with Crippen LogP contribution in [0.2, 0.25) is 0 Å². The van der Waals surface area contributed by atoms with Crippen LogP contribution in [0.25, 0.3) is 0 Å². The molecule has 5 aliphatic rings. The minimum atomic E-state index is -0.107. The Bertz CT molecular complexity index is 872. The van der Waals surface area contributed by atoms with Crippen molar-refractivity contribution >= 4 is 5.97 Å². The van der Waals surface area contributed by atoms with Gasteiger partial charge < -0.3 is 4.74 Å². The van der Waals surface area contributed by atoms with Gasteiger partial charge in [-0.15, -0.1) is 0 Å². The predicted molar refractivity (Wildman–Crippen MR) is 140 cm³/mol. The monoisotopic (exact) mass is 468 g/mol. The fourth-order valence-corrected chi connectivity index (χ4v) is 11.9. The quantitative estimate of drug-likeness (QED) is 0.299. The fraction of sp³-hybridized carbons (Fsp3) is 0.906. The van der Waals surface area contributed by atoms with Crippen LogP contribution in [-0.4, -0.2) is 12.1 Å². The molecule has 0 aromatic carbocycles. The van der Waals surface area contributed by atoms with Gasteiger partial charge in [0.15, 0.2) is 0 Å². The molecule has 2 nitrogen and oxygen atoms in total. The third-order valence-corrected chi connectivity index (χ3v) is 13.7. The second-order valence-electron chi connectivity index (χ2n) is 15.3. The van der Waals surface area contributed by atoms with Crippen molar-refractivity contribution in [3.63, 3.8) is 0 Å². The molecular weight excluding hydrogens is 416 g/mol. The fourth-order valence-electron chi connectivity index (χ4n) is 11.9. The highest BCUT2D eigenvalue weighted by atomic mass is 16.5. The van der Waals surface area contributed by atoms with Gasteiger partial charge in [-0.3, -0.25) is 4.79 Å². The van der Waals surface area contributed by atoms with Crippen molar-refractivity contribution in [2.45, 2.75) is 126 Å². The lowest BCUT2D eigenvalue weighted by molar-refractivity contribution is -0.248. The number of rotatable bonds is 2. The summed E-state index contributed by atoms with van der Waals surface area (Å²) in [5.41, 5.74) is 3.23. The maximum absolute atomic E-state index is 11.9. The number of hydrogen-bond acceptors (Lipinski definition) is 2. The number of hydrogen-bond donors (Lipinski definition) is 0. The average Bonchev–Trinajstić information content (AvgIpc) is 3.08. The first-order valence-electron chi connectivity index (χ1n) is 14.5. The molecular formula is C32H52O2. The molecule has 5 saturated carbocycles. The van der Waals surface area contributed by atoms with Crippen molar-refractivity contribution in [3.8, 4) is 0 Å². The minimum absolute atomic E-state index is 0.0550. The average molecular weight is 469 g/mol. The number of carbonyl (C=O) groups is 1. The molecule has 5 aliphatic carbocycles. The third-order valence-electron chi connectivity index (χ3n) is 13.7. The van der Waals surface area contributed by atoms with Gasteiger partial charge in [0.2, 0.25) is 0 Å². The summed E-state index contributed by atoms with van der Waals surface area (Å²) in [7, 11) is 0. The largest absolute Gasteiger partial charge is 0.462 e. The molecule has 0 aromatic rings. The summed E-state index contributed by atoms with van der Waals surface area (Å²) in [5, 5.41) is 0. The van der Waals surface area contributed by atoms with Crippen LogP contribution in [0.15, 0.2) is 12.2 Å². The second kappa shape index (κ2) is 7.61. The summed E-state index contributed by atoms with van der Waals surface area (Å²) >= 11 is 0. The molecule has 0 N–H and O–H groups in total. The molecule has 10 atom stereocenters. The summed E-state index contributed by atoms with van der Waals surface area (Å²) in [6, 6.07) is 0. The maximum Gasteiger partial charge on any atom is 0.302 e. The molecule has 0 amide bonds. The Morgan fingerprint density at radius 2 is 1.47 bits per heavy atom. The van der Waals surface area contributed by atoms with E-state index in [0.717, 1.165) is 30.1 Å². The van der Waals surface area contributed by atoms with E-state index in [-0.39, 0.29) is 17.5 Å². The highest BCUT2D eigenvalue weighted by molar-refractivity contribution is 5.66. The number of fused-ring (bicyclic) bond motifs is 7. The van der Waals surface area contributed by atoms with E-state index in [4.69, 9.17) is 4.74 Å². The van der Waals surface area contributed by atoms with E-state index in [2.05, 4.69) is 55.0 Å². The highest BCUT2D eigenvalue weighted by Crippen LogP contribution is 2.77. The lowest BCUT2D eigenvalue weighted by Gasteiger charge is -2.73. The summed E-state index contributed by atoms with van der Waals surface area (Å²) in [4.78, 5) is 11.9. The first kappa shape index (κ1) is 24.9. The number of allylic oxidation sites excluding steroid dienone is 1. The molecule has 6 unspecified atom stereocenters. The number of ether oxygens (including phenoxy) is 1. The smallest absolute Gasteiger partial charge is 0.302 e. The maximum atomic E-state index is 11.9. The van der Waals surface area contributed by atoms with Crippen LogP contribution in [0.1, 0.15) is 120 Å². The number of esters is 1. The van der Waals surface area contributed by atoms with E-state index in [1.807, 2.05) is 0 Å². The SMILES string of the molecule is C=C(C)[C@@H]1CCC2(C)CCC3(C)C(CC[C@@H]4C5(C)CCC(OC(C)=O)C(C)(C)[C@@H]5CCC43C)[C@@H]12. The van der Waals surface area contributed by atoms with Crippen LogP contribution < -0.4 is 0 Å². The molecule has 0 radical (unpaired) electrons. The Kier molecular flexibility index (Phi) is 5.57. The van der Waals surface area contributed by atoms with Crippen LogP contribution in [0.5, 0.6) is 0 Å². The van der Waals surface area contributed by atoms with Crippen molar-refractivity contribution in [1.29, 1.82) is 0 Å². The van der Waals surface area contributed by atoms with Crippen molar-refractivity contribution in [3.05, 3.63) is 12.2 Å². The minimum Gasteiger partial charge on any atom is -0.462 e. The van der Waals surface area contributed by atoms with Gasteiger partial charge in [-0.25, -0.2) is 0 Å². The molecule has 0 aromatic heterocycles.